The summed E-state index contributed by atoms with van der Waals surface area (Å²) in [5.74, 6) is -0.627. The molecule has 2 amide bonds. The highest BCUT2D eigenvalue weighted by Crippen LogP contribution is 2.15. The van der Waals surface area contributed by atoms with Crippen molar-refractivity contribution in [2.45, 2.75) is 31.3 Å². The van der Waals surface area contributed by atoms with Crippen LogP contribution in [0.15, 0.2) is 62.5 Å². The van der Waals surface area contributed by atoms with Gasteiger partial charge in [0.1, 0.15) is 5.60 Å². The number of carbonyl (C=O) groups is 2. The van der Waals surface area contributed by atoms with Crippen LogP contribution in [0.1, 0.15) is 26.3 Å². The van der Waals surface area contributed by atoms with Crippen LogP contribution in [0, 0.1) is 0 Å². The van der Waals surface area contributed by atoms with Gasteiger partial charge in [0.2, 0.25) is 0 Å². The fourth-order valence-electron chi connectivity index (χ4n) is 1.84. The summed E-state index contributed by atoms with van der Waals surface area (Å²) in [7, 11) is -3.53. The van der Waals surface area contributed by atoms with E-state index in [1.165, 1.54) is 29.5 Å². The molecule has 2 rings (SSSR count). The van der Waals surface area contributed by atoms with Gasteiger partial charge in [-0.25, -0.2) is 9.00 Å². The maximum atomic E-state index is 13.2. The SMILES string of the molecule is CC(C)(C)OC(=O)N=S(=O)(NC(=O)/C=C/c1ccsc1)c1ccccc1. The number of rotatable bonds is 4. The summed E-state index contributed by atoms with van der Waals surface area (Å²) in [5.41, 5.74) is 0.0564. The van der Waals surface area contributed by atoms with Crippen LogP contribution in [0.4, 0.5) is 4.79 Å². The van der Waals surface area contributed by atoms with E-state index in [0.717, 1.165) is 5.56 Å². The standard InChI is InChI=1S/C18H20N2O4S2/c1-18(2,3)24-17(22)20-26(23,15-7-5-4-6-8-15)19-16(21)10-9-14-11-12-25-13-14/h4-13H,1-3H3,(H,19,20,21,22,23)/b10-9+. The average Bonchev–Trinajstić information content (AvgIpc) is 3.05. The van der Waals surface area contributed by atoms with Crippen LogP contribution < -0.4 is 4.72 Å². The van der Waals surface area contributed by atoms with Gasteiger partial charge in [-0.1, -0.05) is 18.2 Å². The van der Waals surface area contributed by atoms with Crippen LogP contribution in [0.2, 0.25) is 0 Å². The Morgan fingerprint density at radius 1 is 1.19 bits per heavy atom. The summed E-state index contributed by atoms with van der Waals surface area (Å²) in [6.45, 7) is 5.02. The molecule has 0 aliphatic rings. The predicted octanol–water partition coefficient (Wildman–Crippen LogP) is 4.25. The van der Waals surface area contributed by atoms with E-state index in [0.29, 0.717) is 0 Å². The third kappa shape index (κ3) is 6.12. The van der Waals surface area contributed by atoms with Crippen molar-refractivity contribution in [2.75, 3.05) is 0 Å². The number of hydrogen-bond donors (Lipinski definition) is 1. The molecule has 26 heavy (non-hydrogen) atoms. The molecule has 1 atom stereocenters. The van der Waals surface area contributed by atoms with Gasteiger partial charge in [0.25, 0.3) is 5.91 Å². The molecule has 0 saturated carbocycles. The Morgan fingerprint density at radius 2 is 1.88 bits per heavy atom. The minimum atomic E-state index is -3.53. The predicted molar refractivity (Wildman–Crippen MR) is 103 cm³/mol. The number of amides is 2. The molecule has 1 aromatic carbocycles. The molecule has 2 aromatic rings. The van der Waals surface area contributed by atoms with E-state index >= 15 is 0 Å². The van der Waals surface area contributed by atoms with Crippen molar-refractivity contribution >= 4 is 39.3 Å². The zero-order valence-electron chi connectivity index (χ0n) is 14.7. The van der Waals surface area contributed by atoms with Gasteiger partial charge in [-0.2, -0.15) is 11.3 Å². The van der Waals surface area contributed by atoms with Crippen LogP contribution in [0.3, 0.4) is 0 Å². The van der Waals surface area contributed by atoms with Crippen molar-refractivity contribution in [3.63, 3.8) is 0 Å². The van der Waals surface area contributed by atoms with Gasteiger partial charge in [-0.3, -0.25) is 9.52 Å². The first-order valence-corrected chi connectivity index (χ1v) is 10.2. The number of carbonyl (C=O) groups excluding carboxylic acids is 2. The minimum absolute atomic E-state index is 0.211. The summed E-state index contributed by atoms with van der Waals surface area (Å²) >= 11 is 1.50. The lowest BCUT2D eigenvalue weighted by molar-refractivity contribution is -0.114. The molecule has 6 nitrogen and oxygen atoms in total. The van der Waals surface area contributed by atoms with Gasteiger partial charge in [-0.05, 0) is 61.4 Å². The number of ether oxygens (including phenoxy) is 1. The second-order valence-corrected chi connectivity index (χ2v) is 8.96. The van der Waals surface area contributed by atoms with Crippen LogP contribution in [-0.2, 0) is 19.4 Å². The molecule has 1 N–H and O–H groups in total. The summed E-state index contributed by atoms with van der Waals surface area (Å²) in [5, 5.41) is 3.74. The molecule has 138 valence electrons. The van der Waals surface area contributed by atoms with Gasteiger partial charge in [0.05, 0.1) is 4.90 Å². The highest BCUT2D eigenvalue weighted by atomic mass is 32.2. The first-order chi connectivity index (χ1) is 12.2. The smallest absolute Gasteiger partial charge is 0.442 e. The first-order valence-electron chi connectivity index (χ1n) is 7.75. The Morgan fingerprint density at radius 3 is 2.46 bits per heavy atom. The second kappa shape index (κ2) is 8.29. The molecule has 0 aliphatic carbocycles. The maximum absolute atomic E-state index is 13.2. The van der Waals surface area contributed by atoms with Gasteiger partial charge >= 0.3 is 6.09 Å². The molecular formula is C18H20N2O4S2. The highest BCUT2D eigenvalue weighted by Gasteiger charge is 2.21. The van der Waals surface area contributed by atoms with Gasteiger partial charge in [-0.15, -0.1) is 4.36 Å². The number of benzene rings is 1. The van der Waals surface area contributed by atoms with E-state index in [1.807, 2.05) is 16.8 Å². The maximum Gasteiger partial charge on any atom is 0.444 e. The summed E-state index contributed by atoms with van der Waals surface area (Å²) < 4.78 is 24.3. The highest BCUT2D eigenvalue weighted by molar-refractivity contribution is 7.92. The average molecular weight is 393 g/mol. The number of nitrogens with one attached hydrogen (secondary N) is 1. The molecule has 1 aromatic heterocycles. The van der Waals surface area contributed by atoms with Crippen molar-refractivity contribution < 1.29 is 18.5 Å². The zero-order valence-corrected chi connectivity index (χ0v) is 16.3. The second-order valence-electron chi connectivity index (χ2n) is 6.27. The lowest BCUT2D eigenvalue weighted by Gasteiger charge is -2.18. The molecule has 0 bridgehead atoms. The summed E-state index contributed by atoms with van der Waals surface area (Å²) in [4.78, 5) is 24.5. The van der Waals surface area contributed by atoms with Crippen molar-refractivity contribution in [3.05, 3.63) is 58.8 Å². The fourth-order valence-corrected chi connectivity index (χ4v) is 3.85. The normalized spacial score (nSPS) is 13.8. The van der Waals surface area contributed by atoms with E-state index < -0.39 is 27.5 Å². The zero-order chi connectivity index (χ0) is 19.2. The summed E-state index contributed by atoms with van der Waals surface area (Å²) in [6.07, 6.45) is 1.83. The lowest BCUT2D eigenvalue weighted by Crippen LogP contribution is -2.31. The molecule has 1 heterocycles. The van der Waals surface area contributed by atoms with Crippen LogP contribution >= 0.6 is 11.3 Å². The van der Waals surface area contributed by atoms with Crippen LogP contribution in [-0.4, -0.2) is 21.8 Å². The molecule has 0 fully saturated rings. The number of hydrogen-bond acceptors (Lipinski definition) is 5. The topological polar surface area (TPSA) is 84.8 Å². The molecule has 0 aliphatic heterocycles. The molecular weight excluding hydrogens is 372 g/mol. The number of thiophene rings is 1. The molecule has 8 heteroatoms. The van der Waals surface area contributed by atoms with Crippen molar-refractivity contribution in [1.82, 2.24) is 4.72 Å². The third-order valence-electron chi connectivity index (χ3n) is 2.87. The van der Waals surface area contributed by atoms with E-state index in [2.05, 4.69) is 9.08 Å². The first kappa shape index (κ1) is 19.9. The lowest BCUT2D eigenvalue weighted by atomic mass is 10.2. The Kier molecular flexibility index (Phi) is 6.33. The Bertz CT molecular complexity index is 904. The van der Waals surface area contributed by atoms with Gasteiger partial charge in [0.15, 0.2) is 9.92 Å². The Balaban J connectivity index is 2.31. The van der Waals surface area contributed by atoms with E-state index in [-0.39, 0.29) is 4.90 Å². The van der Waals surface area contributed by atoms with Gasteiger partial charge < -0.3 is 4.74 Å². The van der Waals surface area contributed by atoms with Crippen LogP contribution in [0.5, 0.6) is 0 Å². The van der Waals surface area contributed by atoms with E-state index in [1.54, 1.807) is 45.0 Å². The molecule has 0 saturated heterocycles. The van der Waals surface area contributed by atoms with E-state index in [9.17, 15) is 13.8 Å². The van der Waals surface area contributed by atoms with Crippen molar-refractivity contribution in [1.29, 1.82) is 0 Å². The van der Waals surface area contributed by atoms with Crippen molar-refractivity contribution in [3.8, 4) is 0 Å². The monoisotopic (exact) mass is 392 g/mol. The minimum Gasteiger partial charge on any atom is -0.442 e. The fraction of sp³-hybridized carbons (Fsp3) is 0.222. The van der Waals surface area contributed by atoms with Crippen molar-refractivity contribution in [2.24, 2.45) is 4.36 Å². The Labute approximate surface area is 157 Å². The Hall–Kier alpha value is -2.45. The third-order valence-corrected chi connectivity index (χ3v) is 5.37. The molecule has 1 unspecified atom stereocenters. The largest absolute Gasteiger partial charge is 0.444 e. The van der Waals surface area contributed by atoms with E-state index in [4.69, 9.17) is 4.74 Å². The molecule has 0 spiro atoms. The number of nitrogens with zero attached hydrogens (tertiary/aromatic N) is 1. The van der Waals surface area contributed by atoms with Crippen LogP contribution in [0.25, 0.3) is 6.08 Å². The van der Waals surface area contributed by atoms with Gasteiger partial charge in [0, 0.05) is 6.08 Å². The summed E-state index contributed by atoms with van der Waals surface area (Å²) in [6, 6.07) is 9.92. The molecule has 0 radical (unpaired) electrons. The quantitative estimate of drug-likeness (QED) is 0.788.